The van der Waals surface area contributed by atoms with Crippen LogP contribution in [-0.2, 0) is 10.0 Å². The fraction of sp³-hybridized carbons (Fsp3) is 0.238. The molecule has 0 saturated heterocycles. The summed E-state index contributed by atoms with van der Waals surface area (Å²) in [6.45, 7) is 0. The van der Waals surface area contributed by atoms with Crippen molar-refractivity contribution in [3.05, 3.63) is 69.3 Å². The number of carbonyl (C=O) groups is 1. The number of benzene rings is 1. The van der Waals surface area contributed by atoms with Crippen molar-refractivity contribution in [2.24, 2.45) is 5.92 Å². The van der Waals surface area contributed by atoms with Gasteiger partial charge in [-0.1, -0.05) is 29.3 Å². The summed E-state index contributed by atoms with van der Waals surface area (Å²) >= 11 is 11.6. The largest absolute Gasteiger partial charge is 0.497 e. The summed E-state index contributed by atoms with van der Waals surface area (Å²) in [7, 11) is -1.61. The Morgan fingerprint density at radius 2 is 1.94 bits per heavy atom. The number of anilines is 2. The highest BCUT2D eigenvalue weighted by Gasteiger charge is 2.44. The lowest BCUT2D eigenvalue weighted by Gasteiger charge is -2.24. The zero-order valence-electron chi connectivity index (χ0n) is 17.7. The van der Waals surface area contributed by atoms with E-state index in [0.29, 0.717) is 11.4 Å². The van der Waals surface area contributed by atoms with Crippen LogP contribution in [-0.4, -0.2) is 39.6 Å². The van der Waals surface area contributed by atoms with E-state index >= 15 is 0 Å². The van der Waals surface area contributed by atoms with Gasteiger partial charge >= 0.3 is 6.18 Å². The number of allylic oxidation sites excluding steroid dienone is 4. The molecule has 1 heterocycles. The smallest absolute Gasteiger partial charge is 0.396 e. The third-order valence-electron chi connectivity index (χ3n) is 4.95. The maximum Gasteiger partial charge on any atom is 0.396 e. The van der Waals surface area contributed by atoms with Crippen LogP contribution in [0.25, 0.3) is 0 Å². The second-order valence-corrected chi connectivity index (χ2v) is 9.81. The highest BCUT2D eigenvalue weighted by atomic mass is 35.5. The Labute approximate surface area is 203 Å². The molecule has 0 fully saturated rings. The molecule has 0 radical (unpaired) electrons. The normalized spacial score (nSPS) is 16.4. The molecule has 7 nitrogen and oxygen atoms in total. The molecule has 1 aliphatic carbocycles. The molecule has 1 atom stereocenters. The number of nitrogens with one attached hydrogen (secondary N) is 1. The van der Waals surface area contributed by atoms with Crippen molar-refractivity contribution in [3.8, 4) is 5.75 Å². The topological polar surface area (TPSA) is 88.6 Å². The lowest BCUT2D eigenvalue weighted by atomic mass is 10.00. The van der Waals surface area contributed by atoms with Crippen molar-refractivity contribution in [2.75, 3.05) is 23.8 Å². The van der Waals surface area contributed by atoms with Gasteiger partial charge in [0.2, 0.25) is 0 Å². The Kier molecular flexibility index (Phi) is 7.49. The molecule has 0 spiro atoms. The maximum absolute atomic E-state index is 13.3. The van der Waals surface area contributed by atoms with Crippen LogP contribution >= 0.6 is 23.2 Å². The lowest BCUT2D eigenvalue weighted by Crippen LogP contribution is -2.30. The van der Waals surface area contributed by atoms with Crippen LogP contribution in [0.15, 0.2) is 58.6 Å². The van der Waals surface area contributed by atoms with Gasteiger partial charge in [-0.3, -0.25) is 9.52 Å². The zero-order chi connectivity index (χ0) is 25.3. The average molecular weight is 536 g/mol. The van der Waals surface area contributed by atoms with Crippen molar-refractivity contribution in [1.29, 1.82) is 0 Å². The van der Waals surface area contributed by atoms with Gasteiger partial charge in [-0.15, -0.1) is 0 Å². The van der Waals surface area contributed by atoms with Crippen molar-refractivity contribution in [3.63, 3.8) is 0 Å². The van der Waals surface area contributed by atoms with Gasteiger partial charge in [-0.2, -0.15) is 13.2 Å². The summed E-state index contributed by atoms with van der Waals surface area (Å²) in [6.07, 6.45) is -2.62. The molecule has 1 unspecified atom stereocenters. The molecule has 1 amide bonds. The molecule has 2 aromatic rings. The van der Waals surface area contributed by atoms with Crippen molar-refractivity contribution >= 4 is 50.5 Å². The highest BCUT2D eigenvalue weighted by Crippen LogP contribution is 2.42. The van der Waals surface area contributed by atoms with E-state index in [9.17, 15) is 26.4 Å². The van der Waals surface area contributed by atoms with Crippen LogP contribution in [0.5, 0.6) is 5.75 Å². The number of alkyl halides is 3. The van der Waals surface area contributed by atoms with Gasteiger partial charge in [0.25, 0.3) is 15.9 Å². The van der Waals surface area contributed by atoms with E-state index in [2.05, 4.69) is 9.71 Å². The van der Waals surface area contributed by atoms with E-state index in [4.69, 9.17) is 27.9 Å². The van der Waals surface area contributed by atoms with Crippen molar-refractivity contribution in [2.45, 2.75) is 12.6 Å². The number of methoxy groups -OCH3 is 1. The Morgan fingerprint density at radius 1 is 1.24 bits per heavy atom. The van der Waals surface area contributed by atoms with E-state index in [1.165, 1.54) is 19.1 Å². The van der Waals surface area contributed by atoms with Crippen LogP contribution < -0.4 is 14.4 Å². The first-order valence-corrected chi connectivity index (χ1v) is 11.8. The first kappa shape index (κ1) is 25.9. The Bertz CT molecular complexity index is 1280. The number of aromatic nitrogens is 1. The Morgan fingerprint density at radius 3 is 2.59 bits per heavy atom. The SMILES string of the molecule is COc1cccc(N(C)C(=O)c2ncc(Cl)cc2NS(=O)(=O)C2=CC=C(Cl)C(C(F)(F)F)C2)c1. The minimum atomic E-state index is -4.74. The van der Waals surface area contributed by atoms with Gasteiger partial charge in [0.05, 0.1) is 28.6 Å². The number of sulfonamides is 1. The highest BCUT2D eigenvalue weighted by molar-refractivity contribution is 7.96. The standard InChI is InChI=1S/C21H18Cl2F3N3O4S/c1-29(13-4-3-5-14(9-13)33-2)20(30)19-18(8-12(22)11-27-19)28-34(31,32)15-6-7-17(23)16(10-15)21(24,25)26/h3-9,11,16,28H,10H2,1-2H3. The van der Waals surface area contributed by atoms with Gasteiger partial charge < -0.3 is 9.64 Å². The molecule has 1 aromatic heterocycles. The first-order chi connectivity index (χ1) is 15.8. The number of amides is 1. The molecule has 0 bridgehead atoms. The van der Waals surface area contributed by atoms with Crippen molar-refractivity contribution in [1.82, 2.24) is 4.98 Å². The minimum absolute atomic E-state index is 0.00650. The Balaban J connectivity index is 1.94. The molecular weight excluding hydrogens is 518 g/mol. The van der Waals surface area contributed by atoms with Crippen LogP contribution in [0.4, 0.5) is 24.5 Å². The van der Waals surface area contributed by atoms with E-state index in [1.54, 1.807) is 24.3 Å². The van der Waals surface area contributed by atoms with Crippen LogP contribution in [0, 0.1) is 5.92 Å². The number of hydrogen-bond donors (Lipinski definition) is 1. The maximum atomic E-state index is 13.3. The van der Waals surface area contributed by atoms with Gasteiger partial charge in [0.1, 0.15) is 5.75 Å². The molecule has 1 aromatic carbocycles. The molecule has 1 aliphatic rings. The summed E-state index contributed by atoms with van der Waals surface area (Å²) in [5.74, 6) is -2.38. The molecular formula is C21H18Cl2F3N3O4S. The van der Waals surface area contributed by atoms with Crippen molar-refractivity contribution < 1.29 is 31.1 Å². The summed E-state index contributed by atoms with van der Waals surface area (Å²) < 4.78 is 72.9. The summed E-state index contributed by atoms with van der Waals surface area (Å²) in [6, 6.07) is 7.68. The minimum Gasteiger partial charge on any atom is -0.497 e. The summed E-state index contributed by atoms with van der Waals surface area (Å²) in [4.78, 5) is 17.7. The fourth-order valence-corrected chi connectivity index (χ4v) is 4.75. The summed E-state index contributed by atoms with van der Waals surface area (Å²) in [5, 5.41) is -0.515. The predicted octanol–water partition coefficient (Wildman–Crippen LogP) is 5.35. The number of ether oxygens (including phenoxy) is 1. The number of rotatable bonds is 6. The van der Waals surface area contributed by atoms with Crippen LogP contribution in [0.3, 0.4) is 0 Å². The Hall–Kier alpha value is -2.76. The number of halogens is 5. The summed E-state index contributed by atoms with van der Waals surface area (Å²) in [5.41, 5.74) is -0.175. The molecule has 34 heavy (non-hydrogen) atoms. The number of pyridine rings is 1. The van der Waals surface area contributed by atoms with Gasteiger partial charge in [0.15, 0.2) is 5.69 Å². The molecule has 1 N–H and O–H groups in total. The van der Waals surface area contributed by atoms with E-state index in [0.717, 1.165) is 24.4 Å². The molecule has 0 aliphatic heterocycles. The zero-order valence-corrected chi connectivity index (χ0v) is 20.1. The lowest BCUT2D eigenvalue weighted by molar-refractivity contribution is -0.161. The number of nitrogens with zero attached hydrogens (tertiary/aromatic N) is 2. The van der Waals surface area contributed by atoms with Gasteiger partial charge in [-0.05, 0) is 30.4 Å². The third-order valence-corrected chi connectivity index (χ3v) is 7.03. The first-order valence-electron chi connectivity index (χ1n) is 9.57. The molecule has 3 rings (SSSR count). The number of carbonyl (C=O) groups excluding carboxylic acids is 1. The van der Waals surface area contributed by atoms with E-state index < -0.39 is 44.4 Å². The quantitative estimate of drug-likeness (QED) is 0.538. The van der Waals surface area contributed by atoms with Crippen LogP contribution in [0.2, 0.25) is 5.02 Å². The monoisotopic (exact) mass is 535 g/mol. The van der Waals surface area contributed by atoms with E-state index in [-0.39, 0.29) is 16.4 Å². The third kappa shape index (κ3) is 5.65. The average Bonchev–Trinajstić information content (AvgIpc) is 2.77. The van der Waals surface area contributed by atoms with Gasteiger partial charge in [-0.25, -0.2) is 13.4 Å². The molecule has 13 heteroatoms. The second-order valence-electron chi connectivity index (χ2n) is 7.20. The van der Waals surface area contributed by atoms with Crippen LogP contribution in [0.1, 0.15) is 16.9 Å². The fourth-order valence-electron chi connectivity index (χ4n) is 3.12. The van der Waals surface area contributed by atoms with Gasteiger partial charge in [0, 0.05) is 36.5 Å². The van der Waals surface area contributed by atoms with E-state index in [1.807, 2.05) is 0 Å². The molecule has 182 valence electrons. The number of hydrogen-bond acceptors (Lipinski definition) is 5. The predicted molar refractivity (Wildman–Crippen MR) is 124 cm³/mol. The second kappa shape index (κ2) is 9.85. The molecule has 0 saturated carbocycles.